The summed E-state index contributed by atoms with van der Waals surface area (Å²) in [6.45, 7) is 1.74. The molecular formula is C13H12F3NO2S. The third-order valence-electron chi connectivity index (χ3n) is 2.56. The first-order valence-corrected chi connectivity index (χ1v) is 7.27. The van der Waals surface area contributed by atoms with Gasteiger partial charge in [0.2, 0.25) is 0 Å². The summed E-state index contributed by atoms with van der Waals surface area (Å²) in [4.78, 5) is 0. The van der Waals surface area contributed by atoms with Gasteiger partial charge in [0.05, 0.1) is 17.0 Å². The van der Waals surface area contributed by atoms with Crippen LogP contribution in [0.2, 0.25) is 0 Å². The monoisotopic (exact) mass is 303 g/mol. The fourth-order valence-electron chi connectivity index (χ4n) is 1.72. The average molecular weight is 303 g/mol. The summed E-state index contributed by atoms with van der Waals surface area (Å²) in [5, 5.41) is 3.66. The van der Waals surface area contributed by atoms with Gasteiger partial charge in [0.15, 0.2) is 0 Å². The summed E-state index contributed by atoms with van der Waals surface area (Å²) >= 11 is 0. The molecule has 1 heterocycles. The number of nitrogens with zero attached hydrogens (tertiary/aromatic N) is 1. The van der Waals surface area contributed by atoms with Crippen molar-refractivity contribution in [2.75, 3.05) is 0 Å². The van der Waals surface area contributed by atoms with Crippen molar-refractivity contribution in [3.63, 3.8) is 0 Å². The van der Waals surface area contributed by atoms with E-state index in [1.165, 1.54) is 12.1 Å². The van der Waals surface area contributed by atoms with Gasteiger partial charge in [0.25, 0.3) is 0 Å². The van der Waals surface area contributed by atoms with Gasteiger partial charge in [-0.1, -0.05) is 23.4 Å². The van der Waals surface area contributed by atoms with Crippen molar-refractivity contribution in [1.82, 2.24) is 5.16 Å². The lowest BCUT2D eigenvalue weighted by molar-refractivity contribution is -0.137. The lowest BCUT2D eigenvalue weighted by Gasteiger charge is -2.08. The molecule has 0 amide bonds. The van der Waals surface area contributed by atoms with Crippen molar-refractivity contribution >= 4 is 10.8 Å². The van der Waals surface area contributed by atoms with Gasteiger partial charge in [-0.2, -0.15) is 13.2 Å². The van der Waals surface area contributed by atoms with Gasteiger partial charge in [-0.15, -0.1) is 0 Å². The maximum atomic E-state index is 12.6. The molecule has 0 unspecified atom stereocenters. The molecule has 20 heavy (non-hydrogen) atoms. The molecule has 1 aromatic carbocycles. The number of alkyl halides is 3. The van der Waals surface area contributed by atoms with E-state index in [-0.39, 0.29) is 11.5 Å². The highest BCUT2D eigenvalue weighted by molar-refractivity contribution is 7.83. The van der Waals surface area contributed by atoms with Crippen molar-refractivity contribution < 1.29 is 21.9 Å². The van der Waals surface area contributed by atoms with Gasteiger partial charge in [-0.25, -0.2) is 0 Å². The molecule has 0 aliphatic heterocycles. The number of rotatable bonds is 4. The van der Waals surface area contributed by atoms with Crippen LogP contribution in [0.25, 0.3) is 0 Å². The molecule has 2 aromatic rings. The Kier molecular flexibility index (Phi) is 4.27. The molecule has 3 nitrogen and oxygen atoms in total. The van der Waals surface area contributed by atoms with Gasteiger partial charge in [0, 0.05) is 22.6 Å². The molecule has 0 aliphatic carbocycles. The summed E-state index contributed by atoms with van der Waals surface area (Å²) < 4.78 is 54.5. The Morgan fingerprint density at radius 2 is 2.00 bits per heavy atom. The van der Waals surface area contributed by atoms with Crippen LogP contribution in [0.4, 0.5) is 13.2 Å². The number of aryl methyl sites for hydroxylation is 1. The Labute approximate surface area is 116 Å². The molecule has 1 atom stereocenters. The lowest BCUT2D eigenvalue weighted by atomic mass is 10.1. The van der Waals surface area contributed by atoms with Crippen LogP contribution in [0.1, 0.15) is 22.6 Å². The van der Waals surface area contributed by atoms with Crippen LogP contribution in [-0.2, 0) is 28.5 Å². The third kappa shape index (κ3) is 3.93. The van der Waals surface area contributed by atoms with Gasteiger partial charge < -0.3 is 4.52 Å². The Morgan fingerprint density at radius 1 is 1.25 bits per heavy atom. The fourth-order valence-corrected chi connectivity index (χ4v) is 2.82. The van der Waals surface area contributed by atoms with Crippen molar-refractivity contribution in [1.29, 1.82) is 0 Å². The van der Waals surface area contributed by atoms with Crippen molar-refractivity contribution in [2.45, 2.75) is 24.6 Å². The van der Waals surface area contributed by atoms with E-state index in [4.69, 9.17) is 4.52 Å². The number of hydrogen-bond donors (Lipinski definition) is 0. The molecule has 0 radical (unpaired) electrons. The normalized spacial score (nSPS) is 13.4. The zero-order valence-corrected chi connectivity index (χ0v) is 11.4. The van der Waals surface area contributed by atoms with Crippen molar-refractivity contribution in [2.24, 2.45) is 0 Å². The summed E-state index contributed by atoms with van der Waals surface area (Å²) in [6.07, 6.45) is -4.39. The molecule has 0 saturated carbocycles. The number of benzene rings is 1. The predicted octanol–water partition coefficient (Wildman–Crippen LogP) is 3.45. The molecule has 0 saturated heterocycles. The summed E-state index contributed by atoms with van der Waals surface area (Å²) in [6, 6.07) is 6.51. The molecule has 0 spiro atoms. The Hall–Kier alpha value is -1.63. The number of halogens is 3. The maximum Gasteiger partial charge on any atom is 0.416 e. The molecule has 108 valence electrons. The van der Waals surface area contributed by atoms with E-state index in [1.807, 2.05) is 0 Å². The summed E-state index contributed by atoms with van der Waals surface area (Å²) in [5.74, 6) is 0.647. The van der Waals surface area contributed by atoms with E-state index < -0.39 is 22.5 Å². The summed E-state index contributed by atoms with van der Waals surface area (Å²) in [5.41, 5.74) is 0.327. The third-order valence-corrected chi connectivity index (χ3v) is 3.82. The van der Waals surface area contributed by atoms with E-state index in [1.54, 1.807) is 13.0 Å². The second kappa shape index (κ2) is 5.78. The van der Waals surface area contributed by atoms with Crippen LogP contribution in [-0.4, -0.2) is 9.37 Å². The van der Waals surface area contributed by atoms with Crippen LogP contribution >= 0.6 is 0 Å². The molecule has 1 aromatic heterocycles. The standard InChI is InChI=1S/C13H12F3NO2S/c1-9-5-12(19-17-9)8-20(18)7-10-3-2-4-11(6-10)13(14,15)16/h2-6H,7-8H2,1H3/t20-/m0/s1. The smallest absolute Gasteiger partial charge is 0.360 e. The predicted molar refractivity (Wildman–Crippen MR) is 68.2 cm³/mol. The van der Waals surface area contributed by atoms with Gasteiger partial charge >= 0.3 is 6.18 Å². The van der Waals surface area contributed by atoms with Gasteiger partial charge in [-0.05, 0) is 18.6 Å². The van der Waals surface area contributed by atoms with E-state index in [0.717, 1.165) is 12.1 Å². The van der Waals surface area contributed by atoms with Crippen LogP contribution in [0.3, 0.4) is 0 Å². The minimum atomic E-state index is -4.39. The largest absolute Gasteiger partial charge is 0.416 e. The van der Waals surface area contributed by atoms with Crippen molar-refractivity contribution in [3.05, 3.63) is 52.9 Å². The first-order valence-electron chi connectivity index (χ1n) is 5.78. The summed E-state index contributed by atoms with van der Waals surface area (Å²) in [7, 11) is -1.34. The zero-order chi connectivity index (χ0) is 14.8. The molecule has 0 N–H and O–H groups in total. The molecule has 0 aliphatic rings. The van der Waals surface area contributed by atoms with E-state index in [0.29, 0.717) is 17.0 Å². The van der Waals surface area contributed by atoms with Gasteiger partial charge in [0.1, 0.15) is 5.76 Å². The second-order valence-corrected chi connectivity index (χ2v) is 5.82. The van der Waals surface area contributed by atoms with E-state index in [9.17, 15) is 17.4 Å². The average Bonchev–Trinajstić information content (AvgIpc) is 2.73. The molecular weight excluding hydrogens is 291 g/mol. The first-order chi connectivity index (χ1) is 9.34. The molecule has 0 fully saturated rings. The minimum absolute atomic E-state index is 0.0453. The van der Waals surface area contributed by atoms with E-state index in [2.05, 4.69) is 5.16 Å². The molecule has 7 heteroatoms. The highest BCUT2D eigenvalue weighted by atomic mass is 32.2. The van der Waals surface area contributed by atoms with E-state index >= 15 is 0 Å². The topological polar surface area (TPSA) is 43.1 Å². The minimum Gasteiger partial charge on any atom is -0.360 e. The van der Waals surface area contributed by atoms with Crippen LogP contribution in [0.15, 0.2) is 34.9 Å². The highest BCUT2D eigenvalue weighted by Gasteiger charge is 2.30. The second-order valence-electron chi connectivity index (χ2n) is 4.36. The van der Waals surface area contributed by atoms with Crippen LogP contribution in [0, 0.1) is 6.92 Å². The molecule has 2 rings (SSSR count). The van der Waals surface area contributed by atoms with Gasteiger partial charge in [-0.3, -0.25) is 4.21 Å². The fraction of sp³-hybridized carbons (Fsp3) is 0.308. The Balaban J connectivity index is 2.04. The van der Waals surface area contributed by atoms with Crippen LogP contribution in [0.5, 0.6) is 0 Å². The lowest BCUT2D eigenvalue weighted by Crippen LogP contribution is -2.06. The van der Waals surface area contributed by atoms with Crippen LogP contribution < -0.4 is 0 Å². The highest BCUT2D eigenvalue weighted by Crippen LogP contribution is 2.29. The maximum absolute atomic E-state index is 12.6. The SMILES string of the molecule is Cc1cc(C[S@@](=O)Cc2cccc(C(F)(F)F)c2)on1. The zero-order valence-electron chi connectivity index (χ0n) is 10.6. The molecule has 0 bridgehead atoms. The first kappa shape index (κ1) is 14.8. The Bertz CT molecular complexity index is 622. The van der Waals surface area contributed by atoms with Crippen molar-refractivity contribution in [3.8, 4) is 0 Å². The Morgan fingerprint density at radius 3 is 2.60 bits per heavy atom. The number of hydrogen-bond acceptors (Lipinski definition) is 3. The quantitative estimate of drug-likeness (QED) is 0.869. The number of aromatic nitrogens is 1.